The molecular weight excluding hydrogens is 209 g/mol. The number of hydrogen-bond acceptors (Lipinski definition) is 3. The smallest absolute Gasteiger partial charge is 0.433 e. The molecule has 0 atom stereocenters. The van der Waals surface area contributed by atoms with E-state index in [1.807, 2.05) is 0 Å². The van der Waals surface area contributed by atoms with Gasteiger partial charge in [-0.15, -0.1) is 0 Å². The van der Waals surface area contributed by atoms with Crippen molar-refractivity contribution >= 4 is 0 Å². The molecule has 1 aliphatic rings. The fraction of sp³-hybridized carbons (Fsp3) is 0.444. The molecule has 0 aliphatic carbocycles. The molecule has 1 aliphatic heterocycles. The van der Waals surface area contributed by atoms with E-state index >= 15 is 0 Å². The molecule has 3 nitrogen and oxygen atoms in total. The third-order valence-corrected chi connectivity index (χ3v) is 2.07. The van der Waals surface area contributed by atoms with Gasteiger partial charge < -0.3 is 10.1 Å². The van der Waals surface area contributed by atoms with Crippen LogP contribution >= 0.6 is 0 Å². The van der Waals surface area contributed by atoms with Crippen LogP contribution in [0.25, 0.3) is 0 Å². The average molecular weight is 218 g/mol. The van der Waals surface area contributed by atoms with Gasteiger partial charge in [0.15, 0.2) is 0 Å². The zero-order valence-corrected chi connectivity index (χ0v) is 7.71. The third kappa shape index (κ3) is 2.38. The van der Waals surface area contributed by atoms with Crippen molar-refractivity contribution in [2.45, 2.75) is 12.3 Å². The lowest BCUT2D eigenvalue weighted by molar-refractivity contribution is -0.141. The Bertz CT molecular complexity index is 332. The molecule has 2 heterocycles. The Labute approximate surface area is 84.3 Å². The summed E-state index contributed by atoms with van der Waals surface area (Å²) in [6, 6.07) is 2.20. The number of alkyl halides is 3. The number of nitrogens with zero attached hydrogens (tertiary/aromatic N) is 1. The van der Waals surface area contributed by atoms with Crippen LogP contribution in [-0.4, -0.2) is 24.2 Å². The molecule has 0 amide bonds. The van der Waals surface area contributed by atoms with Gasteiger partial charge in [-0.05, 0) is 12.1 Å². The Morgan fingerprint density at radius 1 is 1.33 bits per heavy atom. The van der Waals surface area contributed by atoms with Crippen LogP contribution in [0.15, 0.2) is 18.3 Å². The van der Waals surface area contributed by atoms with E-state index in [1.54, 1.807) is 0 Å². The van der Waals surface area contributed by atoms with Crippen molar-refractivity contribution in [2.75, 3.05) is 13.1 Å². The van der Waals surface area contributed by atoms with Crippen molar-refractivity contribution < 1.29 is 17.9 Å². The van der Waals surface area contributed by atoms with Crippen molar-refractivity contribution in [1.29, 1.82) is 0 Å². The summed E-state index contributed by atoms with van der Waals surface area (Å²) in [6.45, 7) is 1.45. The molecule has 6 heteroatoms. The van der Waals surface area contributed by atoms with Crippen LogP contribution in [-0.2, 0) is 6.18 Å². The summed E-state index contributed by atoms with van der Waals surface area (Å²) in [5.74, 6) is 0.370. The second-order valence-electron chi connectivity index (χ2n) is 3.28. The van der Waals surface area contributed by atoms with Crippen molar-refractivity contribution in [2.24, 2.45) is 0 Å². The number of nitrogens with one attached hydrogen (secondary N) is 1. The van der Waals surface area contributed by atoms with E-state index in [0.717, 1.165) is 25.4 Å². The summed E-state index contributed by atoms with van der Waals surface area (Å²) in [5, 5.41) is 2.99. The van der Waals surface area contributed by atoms with E-state index in [9.17, 15) is 13.2 Å². The lowest BCUT2D eigenvalue weighted by Gasteiger charge is -2.27. The minimum Gasteiger partial charge on any atom is -0.486 e. The maximum atomic E-state index is 12.1. The minimum atomic E-state index is -4.39. The highest BCUT2D eigenvalue weighted by Crippen LogP contribution is 2.28. The lowest BCUT2D eigenvalue weighted by atomic mass is 10.2. The van der Waals surface area contributed by atoms with Gasteiger partial charge in [-0.1, -0.05) is 0 Å². The van der Waals surface area contributed by atoms with Crippen LogP contribution in [0.5, 0.6) is 5.75 Å². The number of rotatable bonds is 2. The molecule has 1 aromatic rings. The Morgan fingerprint density at radius 3 is 2.47 bits per heavy atom. The molecule has 82 valence electrons. The Morgan fingerprint density at radius 2 is 2.07 bits per heavy atom. The topological polar surface area (TPSA) is 34.1 Å². The second kappa shape index (κ2) is 3.69. The molecular formula is C9H9F3N2O. The van der Waals surface area contributed by atoms with Gasteiger partial charge in [-0.25, -0.2) is 4.98 Å². The minimum absolute atomic E-state index is 0.0449. The predicted molar refractivity (Wildman–Crippen MR) is 46.5 cm³/mol. The molecule has 0 aromatic carbocycles. The molecule has 0 bridgehead atoms. The highest BCUT2D eigenvalue weighted by molar-refractivity contribution is 5.21. The van der Waals surface area contributed by atoms with Gasteiger partial charge in [0.2, 0.25) is 0 Å². The maximum Gasteiger partial charge on any atom is 0.433 e. The number of aromatic nitrogens is 1. The van der Waals surface area contributed by atoms with E-state index in [1.165, 1.54) is 6.07 Å². The molecule has 0 radical (unpaired) electrons. The maximum absolute atomic E-state index is 12.1. The standard InChI is InChI=1S/C9H9F3N2O/c10-9(11,12)8-2-1-6(5-14-8)15-7-3-13-4-7/h1-2,5,7,13H,3-4H2. The summed E-state index contributed by atoms with van der Waals surface area (Å²) < 4.78 is 41.8. The van der Waals surface area contributed by atoms with E-state index in [2.05, 4.69) is 10.3 Å². The fourth-order valence-corrected chi connectivity index (χ4v) is 1.16. The molecule has 0 spiro atoms. The average Bonchev–Trinajstić information content (AvgIpc) is 2.11. The van der Waals surface area contributed by atoms with Gasteiger partial charge >= 0.3 is 6.18 Å². The number of halogens is 3. The van der Waals surface area contributed by atoms with E-state index in [4.69, 9.17) is 4.74 Å². The molecule has 15 heavy (non-hydrogen) atoms. The number of pyridine rings is 1. The first-order valence-corrected chi connectivity index (χ1v) is 4.46. The fourth-order valence-electron chi connectivity index (χ4n) is 1.16. The van der Waals surface area contributed by atoms with Crippen LogP contribution in [0.3, 0.4) is 0 Å². The first-order valence-electron chi connectivity index (χ1n) is 4.46. The summed E-state index contributed by atoms with van der Waals surface area (Å²) in [4.78, 5) is 3.29. The van der Waals surface area contributed by atoms with E-state index in [0.29, 0.717) is 5.75 Å². The first kappa shape index (κ1) is 10.2. The monoisotopic (exact) mass is 218 g/mol. The molecule has 1 saturated heterocycles. The molecule has 1 N–H and O–H groups in total. The van der Waals surface area contributed by atoms with Crippen molar-refractivity contribution in [3.8, 4) is 5.75 Å². The van der Waals surface area contributed by atoms with Crippen LogP contribution in [0.1, 0.15) is 5.69 Å². The lowest BCUT2D eigenvalue weighted by Crippen LogP contribution is -2.50. The van der Waals surface area contributed by atoms with Crippen molar-refractivity contribution in [1.82, 2.24) is 10.3 Å². The summed E-state index contributed by atoms with van der Waals surface area (Å²) >= 11 is 0. The van der Waals surface area contributed by atoms with Gasteiger partial charge in [-0.2, -0.15) is 13.2 Å². The molecule has 1 aromatic heterocycles. The number of ether oxygens (including phenoxy) is 1. The quantitative estimate of drug-likeness (QED) is 0.815. The normalized spacial score (nSPS) is 17.3. The summed E-state index contributed by atoms with van der Waals surface area (Å²) in [6.07, 6.45) is -3.25. The molecule has 0 saturated carbocycles. The van der Waals surface area contributed by atoms with Crippen molar-refractivity contribution in [3.05, 3.63) is 24.0 Å². The van der Waals surface area contributed by atoms with Gasteiger partial charge in [0.05, 0.1) is 6.20 Å². The Kier molecular flexibility index (Phi) is 2.52. The van der Waals surface area contributed by atoms with Crippen molar-refractivity contribution in [3.63, 3.8) is 0 Å². The largest absolute Gasteiger partial charge is 0.486 e. The third-order valence-electron chi connectivity index (χ3n) is 2.07. The molecule has 1 fully saturated rings. The van der Waals surface area contributed by atoms with E-state index in [-0.39, 0.29) is 6.10 Å². The van der Waals surface area contributed by atoms with Crippen LogP contribution in [0.4, 0.5) is 13.2 Å². The first-order chi connectivity index (χ1) is 7.05. The Hall–Kier alpha value is -1.30. The summed E-state index contributed by atoms with van der Waals surface area (Å²) in [5.41, 5.74) is -0.901. The van der Waals surface area contributed by atoms with Crippen LogP contribution < -0.4 is 10.1 Å². The zero-order valence-electron chi connectivity index (χ0n) is 7.71. The SMILES string of the molecule is FC(F)(F)c1ccc(OC2CNC2)cn1. The van der Waals surface area contributed by atoms with Gasteiger partial charge in [0.1, 0.15) is 17.5 Å². The van der Waals surface area contributed by atoms with Crippen LogP contribution in [0, 0.1) is 0 Å². The van der Waals surface area contributed by atoms with Gasteiger partial charge in [-0.3, -0.25) is 0 Å². The zero-order chi connectivity index (χ0) is 10.9. The summed E-state index contributed by atoms with van der Waals surface area (Å²) in [7, 11) is 0. The van der Waals surface area contributed by atoms with Crippen LogP contribution in [0.2, 0.25) is 0 Å². The molecule has 0 unspecified atom stereocenters. The second-order valence-corrected chi connectivity index (χ2v) is 3.28. The van der Waals surface area contributed by atoms with E-state index < -0.39 is 11.9 Å². The predicted octanol–water partition coefficient (Wildman–Crippen LogP) is 1.45. The Balaban J connectivity index is 2.03. The molecule has 2 rings (SSSR count). The highest BCUT2D eigenvalue weighted by Gasteiger charge is 2.32. The number of hydrogen-bond donors (Lipinski definition) is 1. The highest BCUT2D eigenvalue weighted by atomic mass is 19.4. The van der Waals surface area contributed by atoms with Gasteiger partial charge in [0, 0.05) is 13.1 Å². The van der Waals surface area contributed by atoms with Gasteiger partial charge in [0.25, 0.3) is 0 Å².